The van der Waals surface area contributed by atoms with E-state index in [9.17, 15) is 5.11 Å². The fraction of sp³-hybridized carbons (Fsp3) is 0.727. The lowest BCUT2D eigenvalue weighted by Gasteiger charge is -2.19. The minimum absolute atomic E-state index is 0.0118. The van der Waals surface area contributed by atoms with Crippen LogP contribution in [0, 0.1) is 0 Å². The van der Waals surface area contributed by atoms with Crippen LogP contribution < -0.4 is 0 Å². The summed E-state index contributed by atoms with van der Waals surface area (Å²) in [7, 11) is 0. The number of nitrogens with zero attached hydrogens (tertiary/aromatic N) is 2. The molecule has 14 heavy (non-hydrogen) atoms. The van der Waals surface area contributed by atoms with Crippen LogP contribution in [0.2, 0.25) is 0 Å². The molecular weight excluding hydrogens is 176 g/mol. The predicted octanol–water partition coefficient (Wildman–Crippen LogP) is 1.95. The zero-order chi connectivity index (χ0) is 11.0. The maximum Gasteiger partial charge on any atom is 0.0633 e. The van der Waals surface area contributed by atoms with Crippen LogP contribution in [-0.2, 0) is 12.0 Å². The Bertz CT molecular complexity index is 302. The summed E-state index contributed by atoms with van der Waals surface area (Å²) in [6, 6.07) is 0. The molecule has 0 saturated heterocycles. The van der Waals surface area contributed by atoms with Gasteiger partial charge in [0.1, 0.15) is 0 Å². The van der Waals surface area contributed by atoms with E-state index < -0.39 is 5.60 Å². The van der Waals surface area contributed by atoms with Crippen LogP contribution in [0.1, 0.15) is 40.2 Å². The fourth-order valence-electron chi connectivity index (χ4n) is 1.32. The first-order valence-corrected chi connectivity index (χ1v) is 4.95. The summed E-state index contributed by atoms with van der Waals surface area (Å²) in [4.78, 5) is 0. The highest BCUT2D eigenvalue weighted by molar-refractivity contribution is 5.08. The normalized spacial score (nSPS) is 13.3. The molecule has 1 aromatic rings. The molecule has 0 fully saturated rings. The van der Waals surface area contributed by atoms with E-state index in [4.69, 9.17) is 0 Å². The van der Waals surface area contributed by atoms with Gasteiger partial charge in [-0.1, -0.05) is 0 Å². The second-order valence-corrected chi connectivity index (χ2v) is 5.45. The lowest BCUT2D eigenvalue weighted by molar-refractivity contribution is 0.0809. The topological polar surface area (TPSA) is 38.1 Å². The molecule has 0 aliphatic rings. The molecule has 0 aliphatic heterocycles. The Kier molecular flexibility index (Phi) is 2.72. The first kappa shape index (κ1) is 11.2. The molecule has 0 aliphatic carbocycles. The monoisotopic (exact) mass is 196 g/mol. The van der Waals surface area contributed by atoms with Gasteiger partial charge in [0.15, 0.2) is 0 Å². The summed E-state index contributed by atoms with van der Waals surface area (Å²) in [6.45, 7) is 9.93. The number of aromatic nitrogens is 2. The molecule has 1 N–H and O–H groups in total. The third kappa shape index (κ3) is 3.14. The molecule has 0 radical (unpaired) electrons. The van der Waals surface area contributed by atoms with Gasteiger partial charge in [0.05, 0.1) is 17.3 Å². The summed E-state index contributed by atoms with van der Waals surface area (Å²) in [5, 5.41) is 13.9. The Labute approximate surface area is 85.8 Å². The van der Waals surface area contributed by atoms with E-state index in [0.29, 0.717) is 6.42 Å². The van der Waals surface area contributed by atoms with Crippen molar-refractivity contribution in [1.29, 1.82) is 0 Å². The van der Waals surface area contributed by atoms with Crippen LogP contribution in [0.5, 0.6) is 0 Å². The van der Waals surface area contributed by atoms with Gasteiger partial charge in [-0.15, -0.1) is 0 Å². The third-order valence-corrected chi connectivity index (χ3v) is 1.96. The maximum absolute atomic E-state index is 9.65. The molecule has 0 atom stereocenters. The van der Waals surface area contributed by atoms with Crippen LogP contribution in [0.3, 0.4) is 0 Å². The second kappa shape index (κ2) is 3.39. The summed E-state index contributed by atoms with van der Waals surface area (Å²) in [6.07, 6.45) is 4.46. The van der Waals surface area contributed by atoms with Gasteiger partial charge in [-0.2, -0.15) is 5.10 Å². The molecule has 1 heterocycles. The Hall–Kier alpha value is -0.830. The highest BCUT2D eigenvalue weighted by Gasteiger charge is 2.18. The molecule has 3 nitrogen and oxygen atoms in total. The van der Waals surface area contributed by atoms with Crippen molar-refractivity contribution in [3.05, 3.63) is 18.0 Å². The average Bonchev–Trinajstić information content (AvgIpc) is 2.29. The van der Waals surface area contributed by atoms with Crippen LogP contribution in [-0.4, -0.2) is 20.5 Å². The van der Waals surface area contributed by atoms with E-state index in [-0.39, 0.29) is 5.54 Å². The highest BCUT2D eigenvalue weighted by atomic mass is 16.3. The Morgan fingerprint density at radius 2 is 1.86 bits per heavy atom. The van der Waals surface area contributed by atoms with E-state index in [1.807, 2.05) is 17.1 Å². The van der Waals surface area contributed by atoms with Gasteiger partial charge in [0.25, 0.3) is 0 Å². The molecule has 1 rings (SSSR count). The maximum atomic E-state index is 9.65. The Balaban J connectivity index is 2.79. The van der Waals surface area contributed by atoms with Gasteiger partial charge in [-0.05, 0) is 40.2 Å². The Morgan fingerprint density at radius 3 is 2.21 bits per heavy atom. The molecule has 80 valence electrons. The Morgan fingerprint density at radius 1 is 1.29 bits per heavy atom. The van der Waals surface area contributed by atoms with E-state index in [2.05, 4.69) is 25.9 Å². The molecule has 1 aromatic heterocycles. The molecule has 0 aromatic carbocycles. The lowest BCUT2D eigenvalue weighted by atomic mass is 10.0. The van der Waals surface area contributed by atoms with Crippen molar-refractivity contribution >= 4 is 0 Å². The fourth-order valence-corrected chi connectivity index (χ4v) is 1.32. The first-order chi connectivity index (χ1) is 6.18. The van der Waals surface area contributed by atoms with E-state index in [1.54, 1.807) is 13.8 Å². The van der Waals surface area contributed by atoms with E-state index in [1.165, 1.54) is 0 Å². The van der Waals surface area contributed by atoms with Gasteiger partial charge in [-0.25, -0.2) is 0 Å². The van der Waals surface area contributed by atoms with Crippen molar-refractivity contribution in [2.75, 3.05) is 0 Å². The quantitative estimate of drug-likeness (QED) is 0.785. The van der Waals surface area contributed by atoms with Gasteiger partial charge in [0.2, 0.25) is 0 Å². The van der Waals surface area contributed by atoms with E-state index >= 15 is 0 Å². The van der Waals surface area contributed by atoms with Gasteiger partial charge < -0.3 is 5.11 Å². The molecule has 0 spiro atoms. The van der Waals surface area contributed by atoms with Crippen molar-refractivity contribution in [3.63, 3.8) is 0 Å². The van der Waals surface area contributed by atoms with E-state index in [0.717, 1.165) is 5.56 Å². The lowest BCUT2D eigenvalue weighted by Crippen LogP contribution is -2.23. The third-order valence-electron chi connectivity index (χ3n) is 1.96. The number of hydrogen-bond donors (Lipinski definition) is 1. The standard InChI is InChI=1S/C11H20N2O/c1-10(2,3)13-8-9(7-12-13)6-11(4,5)14/h7-8,14H,6H2,1-5H3. The van der Waals surface area contributed by atoms with Crippen LogP contribution >= 0.6 is 0 Å². The zero-order valence-corrected chi connectivity index (χ0v) is 9.70. The second-order valence-electron chi connectivity index (χ2n) is 5.45. The van der Waals surface area contributed by atoms with Crippen LogP contribution in [0.15, 0.2) is 12.4 Å². The molecule has 0 unspecified atom stereocenters. The zero-order valence-electron chi connectivity index (χ0n) is 9.70. The van der Waals surface area contributed by atoms with Crippen LogP contribution in [0.4, 0.5) is 0 Å². The molecule has 0 amide bonds. The number of rotatable bonds is 2. The number of hydrogen-bond acceptors (Lipinski definition) is 2. The van der Waals surface area contributed by atoms with Crippen molar-refractivity contribution in [1.82, 2.24) is 9.78 Å². The highest BCUT2D eigenvalue weighted by Crippen LogP contribution is 2.16. The smallest absolute Gasteiger partial charge is 0.0633 e. The first-order valence-electron chi connectivity index (χ1n) is 4.95. The van der Waals surface area contributed by atoms with Crippen LogP contribution in [0.25, 0.3) is 0 Å². The molecular formula is C11H20N2O. The predicted molar refractivity (Wildman–Crippen MR) is 57.2 cm³/mol. The van der Waals surface area contributed by atoms with Gasteiger partial charge >= 0.3 is 0 Å². The summed E-state index contributed by atoms with van der Waals surface area (Å²) >= 11 is 0. The minimum atomic E-state index is -0.661. The summed E-state index contributed by atoms with van der Waals surface area (Å²) < 4.78 is 1.92. The average molecular weight is 196 g/mol. The summed E-state index contributed by atoms with van der Waals surface area (Å²) in [5.74, 6) is 0. The minimum Gasteiger partial charge on any atom is -0.390 e. The van der Waals surface area contributed by atoms with Gasteiger partial charge in [-0.3, -0.25) is 4.68 Å². The molecule has 0 saturated carbocycles. The molecule has 0 bridgehead atoms. The SMILES string of the molecule is CC(C)(O)Cc1cnn(C(C)(C)C)c1. The van der Waals surface area contributed by atoms with Gasteiger partial charge in [0, 0.05) is 12.6 Å². The van der Waals surface area contributed by atoms with Crippen molar-refractivity contribution < 1.29 is 5.11 Å². The van der Waals surface area contributed by atoms with Crippen molar-refractivity contribution in [2.24, 2.45) is 0 Å². The largest absolute Gasteiger partial charge is 0.390 e. The van der Waals surface area contributed by atoms with Crippen molar-refractivity contribution in [2.45, 2.75) is 52.2 Å². The van der Waals surface area contributed by atoms with Crippen molar-refractivity contribution in [3.8, 4) is 0 Å². The summed E-state index contributed by atoms with van der Waals surface area (Å²) in [5.41, 5.74) is 0.427. The number of aliphatic hydroxyl groups is 1. The molecule has 3 heteroatoms.